The largest absolute Gasteiger partial charge is 0.319 e. The zero-order valence-corrected chi connectivity index (χ0v) is 15.8. The predicted molar refractivity (Wildman–Crippen MR) is 101 cm³/mol. The lowest BCUT2D eigenvalue weighted by atomic mass is 9.92. The second-order valence-corrected chi connectivity index (χ2v) is 6.82. The number of nitrogens with one attached hydrogen (secondary N) is 2. The van der Waals surface area contributed by atoms with E-state index in [2.05, 4.69) is 37.5 Å². The van der Waals surface area contributed by atoms with Crippen molar-refractivity contribution in [3.8, 4) is 5.69 Å². The van der Waals surface area contributed by atoms with Gasteiger partial charge in [-0.3, -0.25) is 4.79 Å². The van der Waals surface area contributed by atoms with Crippen LogP contribution in [0.25, 0.3) is 5.69 Å². The van der Waals surface area contributed by atoms with E-state index in [4.69, 9.17) is 5.10 Å². The Balaban J connectivity index is 0.00000288. The summed E-state index contributed by atoms with van der Waals surface area (Å²) in [5, 5.41) is 10.7. The van der Waals surface area contributed by atoms with Gasteiger partial charge in [0.15, 0.2) is 0 Å². The van der Waals surface area contributed by atoms with Crippen LogP contribution in [0.5, 0.6) is 0 Å². The van der Waals surface area contributed by atoms with Crippen LogP contribution in [0.15, 0.2) is 30.3 Å². The van der Waals surface area contributed by atoms with Crippen LogP contribution in [-0.4, -0.2) is 29.3 Å². The maximum Gasteiger partial charge on any atom is 0.226 e. The summed E-state index contributed by atoms with van der Waals surface area (Å²) in [4.78, 5) is 12.1. The molecule has 0 aliphatic heterocycles. The zero-order chi connectivity index (χ0) is 17.0. The molecule has 6 heteroatoms. The molecule has 0 saturated heterocycles. The second-order valence-electron chi connectivity index (χ2n) is 6.82. The summed E-state index contributed by atoms with van der Waals surface area (Å²) in [6.07, 6.45) is 0.431. The SMILES string of the molecule is CNCCC(=O)Nc1cc(C(C)(C)C)nn1-c1cccc(C)c1.Cl. The molecule has 0 aliphatic carbocycles. The van der Waals surface area contributed by atoms with Gasteiger partial charge in [-0.15, -0.1) is 12.4 Å². The molecule has 5 nitrogen and oxygen atoms in total. The summed E-state index contributed by atoms with van der Waals surface area (Å²) in [6, 6.07) is 10.1. The minimum Gasteiger partial charge on any atom is -0.319 e. The first-order valence-electron chi connectivity index (χ1n) is 7.93. The molecule has 0 saturated carbocycles. The van der Waals surface area contributed by atoms with Crippen LogP contribution in [-0.2, 0) is 10.2 Å². The molecule has 24 heavy (non-hydrogen) atoms. The van der Waals surface area contributed by atoms with Gasteiger partial charge in [0.05, 0.1) is 11.4 Å². The van der Waals surface area contributed by atoms with Crippen molar-refractivity contribution in [2.75, 3.05) is 18.9 Å². The van der Waals surface area contributed by atoms with Gasteiger partial charge >= 0.3 is 0 Å². The van der Waals surface area contributed by atoms with Gasteiger partial charge in [0, 0.05) is 24.4 Å². The summed E-state index contributed by atoms with van der Waals surface area (Å²) < 4.78 is 1.81. The van der Waals surface area contributed by atoms with Crippen molar-refractivity contribution < 1.29 is 4.79 Å². The molecule has 1 amide bonds. The van der Waals surface area contributed by atoms with Crippen molar-refractivity contribution in [1.29, 1.82) is 0 Å². The summed E-state index contributed by atoms with van der Waals surface area (Å²) in [5.41, 5.74) is 2.97. The third-order valence-corrected chi connectivity index (χ3v) is 3.59. The van der Waals surface area contributed by atoms with Crippen molar-refractivity contribution in [1.82, 2.24) is 15.1 Å². The average molecular weight is 351 g/mol. The van der Waals surface area contributed by atoms with Crippen molar-refractivity contribution in [2.24, 2.45) is 0 Å². The molecule has 1 aromatic heterocycles. The smallest absolute Gasteiger partial charge is 0.226 e. The van der Waals surface area contributed by atoms with E-state index in [9.17, 15) is 4.79 Å². The molecule has 2 N–H and O–H groups in total. The Bertz CT molecular complexity index is 689. The number of aryl methyl sites for hydroxylation is 1. The Morgan fingerprint density at radius 2 is 1.96 bits per heavy atom. The number of carbonyl (C=O) groups is 1. The minimum atomic E-state index is -0.0838. The number of aromatic nitrogens is 2. The van der Waals surface area contributed by atoms with Gasteiger partial charge < -0.3 is 10.6 Å². The third kappa shape index (κ3) is 5.08. The molecule has 2 aromatic rings. The first kappa shape index (κ1) is 20.2. The first-order chi connectivity index (χ1) is 10.8. The number of amides is 1. The highest BCUT2D eigenvalue weighted by atomic mass is 35.5. The number of anilines is 1. The number of hydrogen-bond donors (Lipinski definition) is 2. The second kappa shape index (κ2) is 8.31. The van der Waals surface area contributed by atoms with Gasteiger partial charge in [0.25, 0.3) is 0 Å². The fourth-order valence-electron chi connectivity index (χ4n) is 2.24. The molecule has 1 heterocycles. The van der Waals surface area contributed by atoms with Crippen LogP contribution in [0.1, 0.15) is 38.4 Å². The standard InChI is InChI=1S/C18H26N4O.ClH/c1-13-7-6-8-14(11-13)22-16(20-17(23)9-10-19-5)12-15(21-22)18(2,3)4;/h6-8,11-12,19H,9-10H2,1-5H3,(H,20,23);1H. The quantitative estimate of drug-likeness (QED) is 0.868. The molecule has 0 bridgehead atoms. The van der Waals surface area contributed by atoms with Gasteiger partial charge in [-0.2, -0.15) is 5.10 Å². The average Bonchev–Trinajstić information content (AvgIpc) is 2.89. The van der Waals surface area contributed by atoms with Gasteiger partial charge in [-0.25, -0.2) is 4.68 Å². The molecule has 2 rings (SSSR count). The van der Waals surface area contributed by atoms with Gasteiger partial charge in [-0.1, -0.05) is 32.9 Å². The van der Waals surface area contributed by atoms with Crippen LogP contribution in [0, 0.1) is 6.92 Å². The van der Waals surface area contributed by atoms with E-state index >= 15 is 0 Å². The Labute approximate surface area is 150 Å². The number of nitrogens with zero attached hydrogens (tertiary/aromatic N) is 2. The van der Waals surface area contributed by atoms with E-state index in [0.717, 1.165) is 16.9 Å². The van der Waals surface area contributed by atoms with Gasteiger partial charge in [-0.05, 0) is 31.7 Å². The summed E-state index contributed by atoms with van der Waals surface area (Å²) in [6.45, 7) is 9.03. The van der Waals surface area contributed by atoms with Crippen LogP contribution in [0.2, 0.25) is 0 Å². The summed E-state index contributed by atoms with van der Waals surface area (Å²) >= 11 is 0. The van der Waals surface area contributed by atoms with E-state index in [1.807, 2.05) is 42.9 Å². The zero-order valence-electron chi connectivity index (χ0n) is 15.0. The lowest BCUT2D eigenvalue weighted by molar-refractivity contribution is -0.116. The van der Waals surface area contributed by atoms with Crippen LogP contribution in [0.3, 0.4) is 0 Å². The van der Waals surface area contributed by atoms with Crippen LogP contribution in [0.4, 0.5) is 5.82 Å². The molecule has 0 spiro atoms. The molecule has 0 fully saturated rings. The van der Waals surface area contributed by atoms with E-state index in [-0.39, 0.29) is 23.7 Å². The van der Waals surface area contributed by atoms with Gasteiger partial charge in [0.2, 0.25) is 5.91 Å². The van der Waals surface area contributed by atoms with Gasteiger partial charge in [0.1, 0.15) is 5.82 Å². The number of carbonyl (C=O) groups excluding carboxylic acids is 1. The van der Waals surface area contributed by atoms with Crippen molar-refractivity contribution in [3.05, 3.63) is 41.6 Å². The Hall–Kier alpha value is -1.85. The van der Waals surface area contributed by atoms with Crippen molar-refractivity contribution in [3.63, 3.8) is 0 Å². The lowest BCUT2D eigenvalue weighted by Crippen LogP contribution is -2.20. The van der Waals surface area contributed by atoms with E-state index < -0.39 is 0 Å². The van der Waals surface area contributed by atoms with Crippen molar-refractivity contribution >= 4 is 24.1 Å². The highest BCUT2D eigenvalue weighted by molar-refractivity contribution is 5.90. The molecule has 0 atom stereocenters. The fraction of sp³-hybridized carbons (Fsp3) is 0.444. The summed E-state index contributed by atoms with van der Waals surface area (Å²) in [5.74, 6) is 0.690. The Kier molecular flexibility index (Phi) is 6.99. The lowest BCUT2D eigenvalue weighted by Gasteiger charge is -2.14. The molecule has 0 radical (unpaired) electrons. The molecule has 0 aliphatic rings. The monoisotopic (exact) mass is 350 g/mol. The predicted octanol–water partition coefficient (Wildman–Crippen LogP) is 3.45. The molecular weight excluding hydrogens is 324 g/mol. The first-order valence-corrected chi connectivity index (χ1v) is 7.93. The molecule has 1 aromatic carbocycles. The third-order valence-electron chi connectivity index (χ3n) is 3.59. The number of halogens is 1. The fourth-order valence-corrected chi connectivity index (χ4v) is 2.24. The minimum absolute atomic E-state index is 0. The van der Waals surface area contributed by atoms with Crippen LogP contribution >= 0.6 is 12.4 Å². The number of hydrogen-bond acceptors (Lipinski definition) is 3. The highest BCUT2D eigenvalue weighted by Gasteiger charge is 2.21. The normalized spacial score (nSPS) is 11.0. The summed E-state index contributed by atoms with van der Waals surface area (Å²) in [7, 11) is 1.84. The number of rotatable bonds is 5. The van der Waals surface area contributed by atoms with Crippen molar-refractivity contribution in [2.45, 2.75) is 39.5 Å². The van der Waals surface area contributed by atoms with E-state index in [1.54, 1.807) is 0 Å². The van der Waals surface area contributed by atoms with E-state index in [1.165, 1.54) is 0 Å². The molecule has 132 valence electrons. The highest BCUT2D eigenvalue weighted by Crippen LogP contribution is 2.26. The topological polar surface area (TPSA) is 59.0 Å². The molecular formula is C18H27ClN4O. The van der Waals surface area contributed by atoms with E-state index in [0.29, 0.717) is 18.8 Å². The Morgan fingerprint density at radius 3 is 2.54 bits per heavy atom. The Morgan fingerprint density at radius 1 is 1.25 bits per heavy atom. The molecule has 0 unspecified atom stereocenters. The number of benzene rings is 1. The maximum atomic E-state index is 12.1. The maximum absolute atomic E-state index is 12.1. The van der Waals surface area contributed by atoms with Crippen LogP contribution < -0.4 is 10.6 Å².